The van der Waals surface area contributed by atoms with E-state index in [1.165, 1.54) is 40.3 Å². The van der Waals surface area contributed by atoms with Gasteiger partial charge in [-0.3, -0.25) is 0 Å². The molecule has 0 radical (unpaired) electrons. The molecule has 0 bridgehead atoms. The molecule has 0 spiro atoms. The molecule has 0 N–H and O–H groups in total. The summed E-state index contributed by atoms with van der Waals surface area (Å²) in [5, 5.41) is 2.74. The fourth-order valence-corrected chi connectivity index (χ4v) is 4.13. The topological polar surface area (TPSA) is 9.23 Å². The van der Waals surface area contributed by atoms with Crippen LogP contribution in [-0.4, -0.2) is 12.2 Å². The largest absolute Gasteiger partial charge is 0.373 e. The summed E-state index contributed by atoms with van der Waals surface area (Å²) in [7, 11) is 0. The van der Waals surface area contributed by atoms with Gasteiger partial charge >= 0.3 is 0 Å². The maximum absolute atomic E-state index is 6.76. The van der Waals surface area contributed by atoms with Crippen molar-refractivity contribution in [3.05, 3.63) is 47.0 Å². The van der Waals surface area contributed by atoms with Crippen LogP contribution in [0.5, 0.6) is 0 Å². The molecule has 2 aromatic carbocycles. The first-order valence-corrected chi connectivity index (χ1v) is 8.00. The molecule has 4 rings (SSSR count). The number of benzene rings is 2. The van der Waals surface area contributed by atoms with Crippen LogP contribution in [0.15, 0.2) is 30.3 Å². The molecular weight excluding hydrogens is 268 g/mol. The molecule has 1 saturated heterocycles. The third-order valence-electron chi connectivity index (χ3n) is 4.80. The minimum Gasteiger partial charge on any atom is -0.373 e. The molecule has 1 fully saturated rings. The van der Waals surface area contributed by atoms with Gasteiger partial charge in [0, 0.05) is 0 Å². The van der Waals surface area contributed by atoms with Gasteiger partial charge in [-0.05, 0) is 60.1 Å². The van der Waals surface area contributed by atoms with E-state index in [1.54, 1.807) is 0 Å². The van der Waals surface area contributed by atoms with E-state index in [9.17, 15) is 0 Å². The highest BCUT2D eigenvalue weighted by atomic mass is 35.5. The van der Waals surface area contributed by atoms with Crippen LogP contribution in [0, 0.1) is 0 Å². The standard InChI is InChI=1S/C18H19ClO/c1-11-5-10-16(20-11)18(19)15-9-8-13-7-6-12-3-2-4-14(15)17(12)13/h2-4,8-9,11,16,18H,5-7,10H2,1H3. The van der Waals surface area contributed by atoms with Gasteiger partial charge < -0.3 is 4.74 Å². The van der Waals surface area contributed by atoms with Crippen LogP contribution in [0.25, 0.3) is 10.8 Å². The first kappa shape index (κ1) is 12.7. The third kappa shape index (κ3) is 1.88. The van der Waals surface area contributed by atoms with Gasteiger partial charge in [0.05, 0.1) is 17.6 Å². The lowest BCUT2D eigenvalue weighted by atomic mass is 9.95. The molecule has 0 amide bonds. The molecule has 0 aromatic heterocycles. The molecule has 3 atom stereocenters. The summed E-state index contributed by atoms with van der Waals surface area (Å²) in [6.45, 7) is 2.14. The van der Waals surface area contributed by atoms with Gasteiger partial charge in [-0.2, -0.15) is 0 Å². The highest BCUT2D eigenvalue weighted by Crippen LogP contribution is 2.41. The number of hydrogen-bond donors (Lipinski definition) is 0. The molecule has 2 heteroatoms. The van der Waals surface area contributed by atoms with Crippen molar-refractivity contribution in [1.29, 1.82) is 0 Å². The van der Waals surface area contributed by atoms with E-state index in [4.69, 9.17) is 16.3 Å². The zero-order valence-electron chi connectivity index (χ0n) is 11.7. The molecule has 2 aliphatic rings. The van der Waals surface area contributed by atoms with Crippen molar-refractivity contribution in [3.63, 3.8) is 0 Å². The van der Waals surface area contributed by atoms with Gasteiger partial charge in [-0.1, -0.05) is 30.3 Å². The number of alkyl halides is 1. The van der Waals surface area contributed by atoms with Crippen LogP contribution in [0.2, 0.25) is 0 Å². The number of rotatable bonds is 2. The van der Waals surface area contributed by atoms with E-state index >= 15 is 0 Å². The minimum atomic E-state index is -0.0372. The molecule has 3 unspecified atom stereocenters. The van der Waals surface area contributed by atoms with Crippen LogP contribution in [-0.2, 0) is 17.6 Å². The Hall–Kier alpha value is -1.05. The van der Waals surface area contributed by atoms with Gasteiger partial charge in [-0.25, -0.2) is 0 Å². The molecule has 1 heterocycles. The van der Waals surface area contributed by atoms with Gasteiger partial charge in [0.25, 0.3) is 0 Å². The predicted molar refractivity (Wildman–Crippen MR) is 83.5 cm³/mol. The van der Waals surface area contributed by atoms with Crippen LogP contribution >= 0.6 is 11.6 Å². The van der Waals surface area contributed by atoms with Crippen molar-refractivity contribution in [3.8, 4) is 0 Å². The van der Waals surface area contributed by atoms with Gasteiger partial charge in [0.15, 0.2) is 0 Å². The van der Waals surface area contributed by atoms with E-state index in [1.807, 2.05) is 0 Å². The smallest absolute Gasteiger partial charge is 0.0853 e. The Kier molecular flexibility index (Phi) is 3.01. The first-order chi connectivity index (χ1) is 9.74. The quantitative estimate of drug-likeness (QED) is 0.722. The highest BCUT2D eigenvalue weighted by molar-refractivity contribution is 6.22. The van der Waals surface area contributed by atoms with Gasteiger partial charge in [0.1, 0.15) is 0 Å². The monoisotopic (exact) mass is 286 g/mol. The summed E-state index contributed by atoms with van der Waals surface area (Å²) >= 11 is 6.76. The van der Waals surface area contributed by atoms with Crippen LogP contribution < -0.4 is 0 Å². The molecule has 20 heavy (non-hydrogen) atoms. The highest BCUT2D eigenvalue weighted by Gasteiger charge is 2.31. The normalized spacial score (nSPS) is 26.3. The van der Waals surface area contributed by atoms with Crippen molar-refractivity contribution in [2.24, 2.45) is 0 Å². The fraction of sp³-hybridized carbons (Fsp3) is 0.444. The van der Waals surface area contributed by atoms with Gasteiger partial charge in [-0.15, -0.1) is 11.6 Å². The van der Waals surface area contributed by atoms with E-state index in [2.05, 4.69) is 37.3 Å². The second-order valence-electron chi connectivity index (χ2n) is 6.12. The molecule has 2 aromatic rings. The number of hydrogen-bond acceptors (Lipinski definition) is 1. The summed E-state index contributed by atoms with van der Waals surface area (Å²) in [6.07, 6.45) is 5.02. The summed E-state index contributed by atoms with van der Waals surface area (Å²) in [5.41, 5.74) is 4.20. The molecule has 1 aliphatic heterocycles. The van der Waals surface area contributed by atoms with Crippen molar-refractivity contribution in [1.82, 2.24) is 0 Å². The molecule has 1 aliphatic carbocycles. The van der Waals surface area contributed by atoms with Crippen molar-refractivity contribution >= 4 is 22.4 Å². The van der Waals surface area contributed by atoms with Crippen LogP contribution in [0.3, 0.4) is 0 Å². The Labute approximate surface area is 124 Å². The summed E-state index contributed by atoms with van der Waals surface area (Å²) in [4.78, 5) is 0. The lowest BCUT2D eigenvalue weighted by molar-refractivity contribution is 0.0535. The summed E-state index contributed by atoms with van der Waals surface area (Å²) in [5.74, 6) is 0. The number of aryl methyl sites for hydroxylation is 2. The Bertz CT molecular complexity index is 654. The Morgan fingerprint density at radius 1 is 1.10 bits per heavy atom. The lowest BCUT2D eigenvalue weighted by Crippen LogP contribution is -2.15. The minimum absolute atomic E-state index is 0.0372. The Morgan fingerprint density at radius 2 is 1.90 bits per heavy atom. The number of ether oxygens (including phenoxy) is 1. The molecular formula is C18H19ClO. The van der Waals surface area contributed by atoms with Crippen LogP contribution in [0.4, 0.5) is 0 Å². The Morgan fingerprint density at radius 3 is 2.65 bits per heavy atom. The van der Waals surface area contributed by atoms with Crippen molar-refractivity contribution in [2.75, 3.05) is 0 Å². The van der Waals surface area contributed by atoms with Crippen LogP contribution in [0.1, 0.15) is 41.8 Å². The lowest BCUT2D eigenvalue weighted by Gasteiger charge is -2.20. The number of halogens is 1. The Balaban J connectivity index is 1.81. The SMILES string of the molecule is CC1CCC(C(Cl)c2ccc3c4c(cccc24)CC3)O1. The second-order valence-corrected chi connectivity index (χ2v) is 6.59. The average molecular weight is 287 g/mol. The van der Waals surface area contributed by atoms with Gasteiger partial charge in [0.2, 0.25) is 0 Å². The second kappa shape index (κ2) is 4.75. The van der Waals surface area contributed by atoms with Crippen molar-refractivity contribution < 1.29 is 4.74 Å². The van der Waals surface area contributed by atoms with E-state index in [0.717, 1.165) is 12.8 Å². The molecule has 104 valence electrons. The zero-order valence-corrected chi connectivity index (χ0v) is 12.5. The molecule has 1 nitrogen and oxygen atoms in total. The van der Waals surface area contributed by atoms with Crippen molar-refractivity contribution in [2.45, 2.75) is 50.2 Å². The fourth-order valence-electron chi connectivity index (χ4n) is 3.76. The third-order valence-corrected chi connectivity index (χ3v) is 5.32. The first-order valence-electron chi connectivity index (χ1n) is 7.57. The predicted octanol–water partition coefficient (Wildman–Crippen LogP) is 4.79. The maximum Gasteiger partial charge on any atom is 0.0853 e. The summed E-state index contributed by atoms with van der Waals surface area (Å²) in [6, 6.07) is 11.1. The summed E-state index contributed by atoms with van der Waals surface area (Å²) < 4.78 is 5.97. The maximum atomic E-state index is 6.76. The van der Waals surface area contributed by atoms with E-state index in [0.29, 0.717) is 6.10 Å². The van der Waals surface area contributed by atoms with E-state index in [-0.39, 0.29) is 11.5 Å². The average Bonchev–Trinajstić information content (AvgIpc) is 3.07. The zero-order chi connectivity index (χ0) is 13.7. The van der Waals surface area contributed by atoms with E-state index < -0.39 is 0 Å². The molecule has 0 saturated carbocycles.